The average Bonchev–Trinajstić information content (AvgIpc) is 2.48. The third-order valence-corrected chi connectivity index (χ3v) is 3.09. The van der Waals surface area contributed by atoms with Gasteiger partial charge in [-0.05, 0) is 25.0 Å². The van der Waals surface area contributed by atoms with Gasteiger partial charge < -0.3 is 15.3 Å². The number of hydrogen-bond donors (Lipinski definition) is 3. The van der Waals surface area contributed by atoms with Crippen molar-refractivity contribution in [2.75, 3.05) is 0 Å². The Balaban J connectivity index is 0.000000219. The zero-order chi connectivity index (χ0) is 15.8. The second-order valence-electron chi connectivity index (χ2n) is 4.50. The van der Waals surface area contributed by atoms with E-state index in [4.69, 9.17) is 15.3 Å². The van der Waals surface area contributed by atoms with Gasteiger partial charge in [-0.25, -0.2) is 4.79 Å². The van der Waals surface area contributed by atoms with Gasteiger partial charge in [0.1, 0.15) is 0 Å². The van der Waals surface area contributed by atoms with Crippen LogP contribution < -0.4 is 0 Å². The monoisotopic (exact) mass is 292 g/mol. The first kappa shape index (κ1) is 16.4. The molecule has 0 radical (unpaired) electrons. The Hall–Kier alpha value is -2.63. The van der Waals surface area contributed by atoms with Gasteiger partial charge in [0, 0.05) is 0 Å². The Morgan fingerprint density at radius 2 is 1.24 bits per heavy atom. The second-order valence-corrected chi connectivity index (χ2v) is 4.50. The molecule has 1 aliphatic carbocycles. The summed E-state index contributed by atoms with van der Waals surface area (Å²) in [5.74, 6) is -4.44. The third-order valence-electron chi connectivity index (χ3n) is 3.09. The van der Waals surface area contributed by atoms with Crippen molar-refractivity contribution in [3.8, 4) is 0 Å². The molecular formula is C15H16O6. The van der Waals surface area contributed by atoms with Crippen LogP contribution in [0.1, 0.15) is 23.2 Å². The maximum atomic E-state index is 10.6. The molecule has 1 aromatic carbocycles. The lowest BCUT2D eigenvalue weighted by molar-refractivity contribution is -0.153. The Morgan fingerprint density at radius 1 is 0.810 bits per heavy atom. The molecule has 2 atom stereocenters. The van der Waals surface area contributed by atoms with E-state index in [1.807, 2.05) is 0 Å². The highest BCUT2D eigenvalue weighted by Gasteiger charge is 2.33. The summed E-state index contributed by atoms with van der Waals surface area (Å²) >= 11 is 0. The number of hydrogen-bond acceptors (Lipinski definition) is 3. The van der Waals surface area contributed by atoms with E-state index in [1.165, 1.54) is 0 Å². The van der Waals surface area contributed by atoms with Gasteiger partial charge in [0.05, 0.1) is 17.4 Å². The highest BCUT2D eigenvalue weighted by Crippen LogP contribution is 2.25. The van der Waals surface area contributed by atoms with E-state index in [2.05, 4.69) is 0 Å². The van der Waals surface area contributed by atoms with Crippen LogP contribution in [0, 0.1) is 11.8 Å². The molecule has 0 saturated heterocycles. The maximum Gasteiger partial charge on any atom is 0.335 e. The van der Waals surface area contributed by atoms with Crippen LogP contribution in [-0.2, 0) is 9.59 Å². The number of aromatic carboxylic acids is 1. The van der Waals surface area contributed by atoms with Crippen molar-refractivity contribution in [3.05, 3.63) is 48.0 Å². The summed E-state index contributed by atoms with van der Waals surface area (Å²) in [6.45, 7) is 0. The van der Waals surface area contributed by atoms with E-state index in [-0.39, 0.29) is 0 Å². The largest absolute Gasteiger partial charge is 0.481 e. The van der Waals surface area contributed by atoms with Gasteiger partial charge in [0.2, 0.25) is 0 Å². The summed E-state index contributed by atoms with van der Waals surface area (Å²) in [5.41, 5.74) is 0.331. The normalized spacial score (nSPS) is 20.0. The predicted molar refractivity (Wildman–Crippen MR) is 74.0 cm³/mol. The minimum absolute atomic E-state index is 0.326. The molecule has 1 aliphatic rings. The van der Waals surface area contributed by atoms with Crippen molar-refractivity contribution >= 4 is 17.9 Å². The number of aliphatic carboxylic acids is 2. The number of allylic oxidation sites excluding steroid dienone is 2. The van der Waals surface area contributed by atoms with Crippen molar-refractivity contribution in [3.63, 3.8) is 0 Å². The van der Waals surface area contributed by atoms with Gasteiger partial charge in [0.25, 0.3) is 0 Å². The molecule has 0 fully saturated rings. The lowest BCUT2D eigenvalue weighted by atomic mass is 9.83. The van der Waals surface area contributed by atoms with E-state index in [1.54, 1.807) is 42.5 Å². The molecule has 112 valence electrons. The summed E-state index contributed by atoms with van der Waals surface area (Å²) < 4.78 is 0. The Kier molecular flexibility index (Phi) is 6.13. The molecule has 2 rings (SSSR count). The molecular weight excluding hydrogens is 276 g/mol. The van der Waals surface area contributed by atoms with E-state index in [0.29, 0.717) is 18.4 Å². The molecule has 0 aliphatic heterocycles. The van der Waals surface area contributed by atoms with Gasteiger partial charge in [0.15, 0.2) is 0 Å². The number of benzene rings is 1. The van der Waals surface area contributed by atoms with Crippen LogP contribution in [0.5, 0.6) is 0 Å². The molecule has 0 spiro atoms. The average molecular weight is 292 g/mol. The first-order chi connectivity index (χ1) is 9.93. The molecule has 3 N–H and O–H groups in total. The first-order valence-electron chi connectivity index (χ1n) is 6.32. The molecule has 0 bridgehead atoms. The molecule has 6 nitrogen and oxygen atoms in total. The maximum absolute atomic E-state index is 10.6. The second kappa shape index (κ2) is 7.84. The standard InChI is InChI=1S/C8H10O4.C7H6O2/c9-7(10)5-3-1-2-4-6(5)8(11)12;8-7(9)6-4-2-1-3-5-6/h1-2,5-6H,3-4H2,(H,9,10)(H,11,12);1-5H,(H,8,9). The molecule has 0 saturated carbocycles. The summed E-state index contributed by atoms with van der Waals surface area (Å²) in [4.78, 5) is 31.3. The molecule has 21 heavy (non-hydrogen) atoms. The summed E-state index contributed by atoms with van der Waals surface area (Å²) in [7, 11) is 0. The summed E-state index contributed by atoms with van der Waals surface area (Å²) in [5, 5.41) is 25.7. The number of carboxylic acid groups (broad SMARTS) is 3. The zero-order valence-corrected chi connectivity index (χ0v) is 11.2. The molecule has 0 heterocycles. The van der Waals surface area contributed by atoms with Gasteiger partial charge in [-0.3, -0.25) is 9.59 Å². The Bertz CT molecular complexity index is 510. The van der Waals surface area contributed by atoms with Crippen LogP contribution in [0.25, 0.3) is 0 Å². The lowest BCUT2D eigenvalue weighted by Crippen LogP contribution is -2.30. The Morgan fingerprint density at radius 3 is 1.52 bits per heavy atom. The fourth-order valence-electron chi connectivity index (χ4n) is 1.94. The smallest absolute Gasteiger partial charge is 0.335 e. The predicted octanol–water partition coefficient (Wildman–Crippen LogP) is 2.12. The molecule has 0 amide bonds. The van der Waals surface area contributed by atoms with Crippen LogP contribution >= 0.6 is 0 Å². The van der Waals surface area contributed by atoms with Crippen molar-refractivity contribution in [2.24, 2.45) is 11.8 Å². The van der Waals surface area contributed by atoms with Gasteiger partial charge >= 0.3 is 17.9 Å². The summed E-state index contributed by atoms with van der Waals surface area (Å²) in [6, 6.07) is 8.30. The van der Waals surface area contributed by atoms with E-state index in [9.17, 15) is 14.4 Å². The molecule has 6 heteroatoms. The minimum Gasteiger partial charge on any atom is -0.481 e. The topological polar surface area (TPSA) is 112 Å². The molecule has 1 aromatic rings. The van der Waals surface area contributed by atoms with Crippen LogP contribution in [-0.4, -0.2) is 33.2 Å². The number of carboxylic acids is 3. The van der Waals surface area contributed by atoms with Crippen molar-refractivity contribution in [1.82, 2.24) is 0 Å². The minimum atomic E-state index is -1.02. The zero-order valence-electron chi connectivity index (χ0n) is 11.2. The quantitative estimate of drug-likeness (QED) is 0.736. The van der Waals surface area contributed by atoms with Crippen molar-refractivity contribution in [1.29, 1.82) is 0 Å². The number of rotatable bonds is 3. The Labute approximate surface area is 121 Å². The molecule has 2 unspecified atom stereocenters. The fourth-order valence-corrected chi connectivity index (χ4v) is 1.94. The fraction of sp³-hybridized carbons (Fsp3) is 0.267. The third kappa shape index (κ3) is 5.10. The van der Waals surface area contributed by atoms with Crippen LogP contribution in [0.4, 0.5) is 0 Å². The number of carbonyl (C=O) groups is 3. The van der Waals surface area contributed by atoms with Gasteiger partial charge in [-0.15, -0.1) is 0 Å². The van der Waals surface area contributed by atoms with Gasteiger partial charge in [-0.1, -0.05) is 30.4 Å². The van der Waals surface area contributed by atoms with Gasteiger partial charge in [-0.2, -0.15) is 0 Å². The highest BCUT2D eigenvalue weighted by molar-refractivity contribution is 5.87. The summed E-state index contributed by atoms with van der Waals surface area (Å²) in [6.07, 6.45) is 4.09. The van der Waals surface area contributed by atoms with E-state index >= 15 is 0 Å². The van der Waals surface area contributed by atoms with Crippen LogP contribution in [0.15, 0.2) is 42.5 Å². The molecule has 0 aromatic heterocycles. The van der Waals surface area contributed by atoms with Crippen LogP contribution in [0.2, 0.25) is 0 Å². The van der Waals surface area contributed by atoms with E-state index < -0.39 is 29.7 Å². The van der Waals surface area contributed by atoms with Crippen LogP contribution in [0.3, 0.4) is 0 Å². The van der Waals surface area contributed by atoms with Crippen molar-refractivity contribution < 1.29 is 29.7 Å². The SMILES string of the molecule is O=C(O)C1CC=CCC1C(=O)O.O=C(O)c1ccccc1. The van der Waals surface area contributed by atoms with E-state index in [0.717, 1.165) is 0 Å². The van der Waals surface area contributed by atoms with Crippen molar-refractivity contribution in [2.45, 2.75) is 12.8 Å². The highest BCUT2D eigenvalue weighted by atomic mass is 16.4. The lowest BCUT2D eigenvalue weighted by Gasteiger charge is -2.20. The first-order valence-corrected chi connectivity index (χ1v) is 6.32.